The van der Waals surface area contributed by atoms with Crippen molar-refractivity contribution in [3.05, 3.63) is 65.7 Å². The SMILES string of the molecule is CCCCOc1ccc(/C=C/C23OCCN2c2ccccc2C3(C)C)cc1. The molecule has 0 saturated carbocycles. The molecule has 2 aliphatic rings. The molecule has 1 fully saturated rings. The Balaban J connectivity index is 1.58. The Labute approximate surface area is 162 Å². The predicted octanol–water partition coefficient (Wildman–Crippen LogP) is 5.40. The number of rotatable bonds is 6. The normalized spacial score (nSPS) is 22.9. The third-order valence-corrected chi connectivity index (χ3v) is 5.95. The molecule has 4 rings (SSSR count). The van der Waals surface area contributed by atoms with E-state index in [0.717, 1.165) is 43.9 Å². The van der Waals surface area contributed by atoms with Gasteiger partial charge in [0.2, 0.25) is 0 Å². The molecule has 1 unspecified atom stereocenters. The number of benzene rings is 2. The van der Waals surface area contributed by atoms with E-state index in [1.165, 1.54) is 11.3 Å². The number of fused-ring (bicyclic) bond motifs is 3. The van der Waals surface area contributed by atoms with Crippen molar-refractivity contribution in [3.8, 4) is 5.75 Å². The second-order valence-corrected chi connectivity index (χ2v) is 7.94. The molecule has 0 bridgehead atoms. The molecular weight excluding hydrogens is 334 g/mol. The van der Waals surface area contributed by atoms with Crippen molar-refractivity contribution >= 4 is 11.8 Å². The highest BCUT2D eigenvalue weighted by Crippen LogP contribution is 2.54. The summed E-state index contributed by atoms with van der Waals surface area (Å²) in [5.74, 6) is 0.936. The lowest BCUT2D eigenvalue weighted by Crippen LogP contribution is -2.51. The zero-order valence-corrected chi connectivity index (χ0v) is 16.6. The lowest BCUT2D eigenvalue weighted by atomic mass is 9.77. The van der Waals surface area contributed by atoms with Crippen LogP contribution >= 0.6 is 0 Å². The predicted molar refractivity (Wildman–Crippen MR) is 111 cm³/mol. The summed E-state index contributed by atoms with van der Waals surface area (Å²) in [5, 5.41) is 0. The minimum atomic E-state index is -0.424. The van der Waals surface area contributed by atoms with Gasteiger partial charge in [0.25, 0.3) is 0 Å². The largest absolute Gasteiger partial charge is 0.494 e. The zero-order chi connectivity index (χ0) is 18.9. The molecule has 142 valence electrons. The van der Waals surface area contributed by atoms with Gasteiger partial charge in [0.05, 0.1) is 13.2 Å². The Kier molecular flexibility index (Phi) is 4.73. The van der Waals surface area contributed by atoms with Gasteiger partial charge >= 0.3 is 0 Å². The Morgan fingerprint density at radius 3 is 2.67 bits per heavy atom. The van der Waals surface area contributed by atoms with Gasteiger partial charge in [0.15, 0.2) is 5.72 Å². The van der Waals surface area contributed by atoms with Crippen LogP contribution in [-0.2, 0) is 10.2 Å². The molecule has 2 heterocycles. The van der Waals surface area contributed by atoms with Crippen molar-refractivity contribution in [2.75, 3.05) is 24.7 Å². The van der Waals surface area contributed by atoms with Crippen LogP contribution in [0.5, 0.6) is 5.75 Å². The molecule has 3 heteroatoms. The highest BCUT2D eigenvalue weighted by atomic mass is 16.5. The first-order valence-corrected chi connectivity index (χ1v) is 10.0. The standard InChI is InChI=1S/C24H29NO2/c1-4-5-17-26-20-12-10-19(11-13-20)14-15-24-23(2,3)21-8-6-7-9-22(21)25(24)16-18-27-24/h6-15H,4-5,16-18H2,1-3H3/b15-14+. The maximum Gasteiger partial charge on any atom is 0.170 e. The van der Waals surface area contributed by atoms with Crippen molar-refractivity contribution in [1.82, 2.24) is 0 Å². The van der Waals surface area contributed by atoms with E-state index in [0.29, 0.717) is 0 Å². The van der Waals surface area contributed by atoms with E-state index in [4.69, 9.17) is 9.47 Å². The Bertz CT molecular complexity index is 825. The maximum atomic E-state index is 6.39. The second-order valence-electron chi connectivity index (χ2n) is 7.94. The molecule has 2 aliphatic heterocycles. The molecular formula is C24H29NO2. The average Bonchev–Trinajstić information content (AvgIpc) is 3.19. The average molecular weight is 364 g/mol. The van der Waals surface area contributed by atoms with Crippen molar-refractivity contribution in [2.24, 2.45) is 0 Å². The fourth-order valence-corrected chi connectivity index (χ4v) is 4.35. The first kappa shape index (κ1) is 18.1. The molecule has 1 atom stereocenters. The highest BCUT2D eigenvalue weighted by Gasteiger charge is 2.58. The molecule has 3 nitrogen and oxygen atoms in total. The summed E-state index contributed by atoms with van der Waals surface area (Å²) in [6.07, 6.45) is 6.67. The van der Waals surface area contributed by atoms with Gasteiger partial charge in [-0.15, -0.1) is 0 Å². The van der Waals surface area contributed by atoms with Crippen molar-refractivity contribution < 1.29 is 9.47 Å². The summed E-state index contributed by atoms with van der Waals surface area (Å²) in [7, 11) is 0. The summed E-state index contributed by atoms with van der Waals surface area (Å²) >= 11 is 0. The zero-order valence-electron chi connectivity index (χ0n) is 16.6. The number of para-hydroxylation sites is 1. The Hall–Kier alpha value is -2.26. The number of hydrogen-bond acceptors (Lipinski definition) is 3. The Morgan fingerprint density at radius 2 is 1.89 bits per heavy atom. The molecule has 2 aromatic rings. The van der Waals surface area contributed by atoms with Gasteiger partial charge in [-0.2, -0.15) is 0 Å². The van der Waals surface area contributed by atoms with E-state index in [9.17, 15) is 0 Å². The number of nitrogens with zero attached hydrogens (tertiary/aromatic N) is 1. The minimum Gasteiger partial charge on any atom is -0.494 e. The van der Waals surface area contributed by atoms with Gasteiger partial charge in [0.1, 0.15) is 5.75 Å². The molecule has 27 heavy (non-hydrogen) atoms. The van der Waals surface area contributed by atoms with E-state index in [1.807, 2.05) is 0 Å². The quantitative estimate of drug-likeness (QED) is 0.641. The first-order valence-electron chi connectivity index (χ1n) is 10.0. The van der Waals surface area contributed by atoms with Crippen LogP contribution in [0.2, 0.25) is 0 Å². The molecule has 0 amide bonds. The summed E-state index contributed by atoms with van der Waals surface area (Å²) in [4.78, 5) is 2.42. The number of ether oxygens (including phenoxy) is 2. The van der Waals surface area contributed by atoms with Crippen LogP contribution in [0, 0.1) is 0 Å². The fourth-order valence-electron chi connectivity index (χ4n) is 4.35. The van der Waals surface area contributed by atoms with Crippen LogP contribution in [0.15, 0.2) is 54.6 Å². The maximum absolute atomic E-state index is 6.39. The molecule has 0 N–H and O–H groups in total. The van der Waals surface area contributed by atoms with Gasteiger partial charge in [-0.3, -0.25) is 0 Å². The van der Waals surface area contributed by atoms with Gasteiger partial charge in [-0.1, -0.05) is 63.6 Å². The Morgan fingerprint density at radius 1 is 1.11 bits per heavy atom. The molecule has 1 saturated heterocycles. The number of hydrogen-bond donors (Lipinski definition) is 0. The van der Waals surface area contributed by atoms with E-state index < -0.39 is 5.72 Å². The number of anilines is 1. The van der Waals surface area contributed by atoms with Crippen molar-refractivity contribution in [1.29, 1.82) is 0 Å². The smallest absolute Gasteiger partial charge is 0.170 e. The van der Waals surface area contributed by atoms with E-state index >= 15 is 0 Å². The number of unbranched alkanes of at least 4 members (excludes halogenated alkanes) is 1. The lowest BCUT2D eigenvalue weighted by Gasteiger charge is -2.39. The van der Waals surface area contributed by atoms with Gasteiger partial charge < -0.3 is 14.4 Å². The molecule has 0 aromatic heterocycles. The molecule has 0 spiro atoms. The van der Waals surface area contributed by atoms with Crippen LogP contribution in [0.3, 0.4) is 0 Å². The van der Waals surface area contributed by atoms with Crippen LogP contribution in [0.4, 0.5) is 5.69 Å². The molecule has 0 aliphatic carbocycles. The molecule has 0 radical (unpaired) electrons. The van der Waals surface area contributed by atoms with Crippen LogP contribution < -0.4 is 9.64 Å². The van der Waals surface area contributed by atoms with Crippen LogP contribution in [0.1, 0.15) is 44.7 Å². The highest BCUT2D eigenvalue weighted by molar-refractivity contribution is 5.69. The summed E-state index contributed by atoms with van der Waals surface area (Å²) in [5.41, 5.74) is 3.28. The van der Waals surface area contributed by atoms with Crippen LogP contribution in [-0.4, -0.2) is 25.5 Å². The minimum absolute atomic E-state index is 0.111. The topological polar surface area (TPSA) is 21.7 Å². The summed E-state index contributed by atoms with van der Waals surface area (Å²) < 4.78 is 12.2. The van der Waals surface area contributed by atoms with Gasteiger partial charge in [0, 0.05) is 17.6 Å². The monoisotopic (exact) mass is 363 g/mol. The first-order chi connectivity index (χ1) is 13.1. The summed E-state index contributed by atoms with van der Waals surface area (Å²) in [6.45, 7) is 9.21. The third-order valence-electron chi connectivity index (χ3n) is 5.95. The summed E-state index contributed by atoms with van der Waals surface area (Å²) in [6, 6.07) is 17.0. The van der Waals surface area contributed by atoms with E-state index in [-0.39, 0.29) is 5.41 Å². The van der Waals surface area contributed by atoms with E-state index in [2.05, 4.69) is 86.4 Å². The van der Waals surface area contributed by atoms with Gasteiger partial charge in [-0.05, 0) is 41.8 Å². The van der Waals surface area contributed by atoms with Crippen molar-refractivity contribution in [2.45, 2.75) is 44.8 Å². The van der Waals surface area contributed by atoms with Crippen LogP contribution in [0.25, 0.3) is 6.08 Å². The van der Waals surface area contributed by atoms with E-state index in [1.54, 1.807) is 0 Å². The molecule has 2 aromatic carbocycles. The second kappa shape index (κ2) is 7.05. The van der Waals surface area contributed by atoms with Crippen molar-refractivity contribution in [3.63, 3.8) is 0 Å². The third kappa shape index (κ3) is 2.94. The lowest BCUT2D eigenvalue weighted by molar-refractivity contribution is 0.000337. The fraction of sp³-hybridized carbons (Fsp3) is 0.417. The van der Waals surface area contributed by atoms with Gasteiger partial charge in [-0.25, -0.2) is 0 Å².